The third-order valence-corrected chi connectivity index (χ3v) is 5.18. The first-order valence-corrected chi connectivity index (χ1v) is 10.2. The number of aromatic amines is 1. The van der Waals surface area contributed by atoms with Crippen LogP contribution in [0.15, 0.2) is 42.2 Å². The highest BCUT2D eigenvalue weighted by molar-refractivity contribution is 7.16. The number of aliphatic hydroxyl groups excluding tert-OH is 1. The van der Waals surface area contributed by atoms with Gasteiger partial charge in [0.2, 0.25) is 0 Å². The Balaban J connectivity index is 1.65. The van der Waals surface area contributed by atoms with Gasteiger partial charge in [-0.1, -0.05) is 0 Å². The second kappa shape index (κ2) is 8.16. The lowest BCUT2D eigenvalue weighted by Gasteiger charge is -2.16. The topological polar surface area (TPSA) is 125 Å². The van der Waals surface area contributed by atoms with Crippen molar-refractivity contribution in [3.63, 3.8) is 0 Å². The molecule has 1 aromatic carbocycles. The first kappa shape index (κ1) is 19.3. The molecule has 0 radical (unpaired) electrons. The first-order chi connectivity index (χ1) is 14.0. The van der Waals surface area contributed by atoms with Gasteiger partial charge in [0.15, 0.2) is 0 Å². The van der Waals surface area contributed by atoms with Gasteiger partial charge < -0.3 is 26.5 Å². The molecular weight excluding hydrogens is 386 g/mol. The summed E-state index contributed by atoms with van der Waals surface area (Å²) < 4.78 is 1.12. The third-order valence-electron chi connectivity index (χ3n) is 4.39. The molecule has 3 heterocycles. The maximum Gasteiger partial charge on any atom is 0.132 e. The lowest BCUT2D eigenvalue weighted by molar-refractivity contribution is 0.264. The average molecular weight is 410 g/mol. The van der Waals surface area contributed by atoms with E-state index in [1.165, 1.54) is 0 Å². The predicted molar refractivity (Wildman–Crippen MR) is 117 cm³/mol. The van der Waals surface area contributed by atoms with E-state index < -0.39 is 6.04 Å². The second-order valence-corrected chi connectivity index (χ2v) is 7.93. The number of aromatic nitrogens is 4. The van der Waals surface area contributed by atoms with Crippen LogP contribution in [-0.2, 0) is 0 Å². The molecule has 1 unspecified atom stereocenters. The molecule has 0 bridgehead atoms. The maximum absolute atomic E-state index is 9.25. The molecule has 4 aromatic rings. The Kier molecular flexibility index (Phi) is 5.43. The molecule has 0 saturated heterocycles. The van der Waals surface area contributed by atoms with Crippen molar-refractivity contribution in [3.8, 4) is 11.3 Å². The van der Waals surface area contributed by atoms with E-state index in [1.807, 2.05) is 23.7 Å². The lowest BCUT2D eigenvalue weighted by Crippen LogP contribution is -2.16. The fourth-order valence-electron chi connectivity index (χ4n) is 3.00. The lowest BCUT2D eigenvalue weighted by atomic mass is 10.1. The quantitative estimate of drug-likeness (QED) is 0.315. The normalized spacial score (nSPS) is 12.4. The van der Waals surface area contributed by atoms with Gasteiger partial charge in [-0.05, 0) is 32.0 Å². The molecular formula is C20H23N7OS. The molecule has 0 saturated carbocycles. The fourth-order valence-corrected chi connectivity index (χ4v) is 3.71. The Labute approximate surface area is 172 Å². The molecule has 9 heteroatoms. The van der Waals surface area contributed by atoms with Gasteiger partial charge in [-0.25, -0.2) is 15.0 Å². The van der Waals surface area contributed by atoms with E-state index in [2.05, 4.69) is 50.5 Å². The smallest absolute Gasteiger partial charge is 0.132 e. The molecule has 29 heavy (non-hydrogen) atoms. The summed E-state index contributed by atoms with van der Waals surface area (Å²) in [4.78, 5) is 16.3. The Morgan fingerprint density at radius 2 is 2.03 bits per heavy atom. The van der Waals surface area contributed by atoms with Crippen molar-refractivity contribution in [2.24, 2.45) is 5.73 Å². The fraction of sp³-hybridized carbons (Fsp3) is 0.250. The zero-order chi connectivity index (χ0) is 20.4. The van der Waals surface area contributed by atoms with Crippen molar-refractivity contribution in [1.29, 1.82) is 0 Å². The third kappa shape index (κ3) is 4.21. The largest absolute Gasteiger partial charge is 0.394 e. The molecule has 150 valence electrons. The van der Waals surface area contributed by atoms with Crippen LogP contribution in [-0.4, -0.2) is 37.7 Å². The minimum Gasteiger partial charge on any atom is -0.394 e. The highest BCUT2D eigenvalue weighted by Crippen LogP contribution is 2.31. The van der Waals surface area contributed by atoms with Gasteiger partial charge in [0.25, 0.3) is 0 Å². The first-order valence-electron chi connectivity index (χ1n) is 9.32. The van der Waals surface area contributed by atoms with Crippen LogP contribution in [0.4, 0.5) is 17.2 Å². The number of H-pyrrole nitrogens is 1. The van der Waals surface area contributed by atoms with Crippen molar-refractivity contribution in [3.05, 3.63) is 48.0 Å². The van der Waals surface area contributed by atoms with Crippen molar-refractivity contribution in [2.75, 3.05) is 17.2 Å². The van der Waals surface area contributed by atoms with Gasteiger partial charge in [0.1, 0.15) is 11.6 Å². The minimum absolute atomic E-state index is 0.171. The van der Waals surface area contributed by atoms with Gasteiger partial charge in [0.05, 0.1) is 40.3 Å². The Morgan fingerprint density at radius 1 is 1.17 bits per heavy atom. The number of nitrogens with one attached hydrogen (secondary N) is 3. The molecule has 8 nitrogen and oxygen atoms in total. The molecule has 3 aromatic heterocycles. The molecule has 0 aliphatic heterocycles. The van der Waals surface area contributed by atoms with E-state index >= 15 is 0 Å². The number of rotatable bonds is 7. The van der Waals surface area contributed by atoms with E-state index in [9.17, 15) is 5.11 Å². The standard InChI is InChI=1S/C20H23N7OS/c1-11(2)25-16-6-19(26-12-3-4-15-18(5-12)29-10-24-15)22-7-13(16)17-8-23-20(27-17)14(21)9-28/h3-8,10-11,14,28H,9,21H2,1-2H3,(H,23,27)(H2,22,25,26). The van der Waals surface area contributed by atoms with Crippen molar-refractivity contribution in [1.82, 2.24) is 19.9 Å². The second-order valence-electron chi connectivity index (χ2n) is 7.05. The van der Waals surface area contributed by atoms with Crippen molar-refractivity contribution in [2.45, 2.75) is 25.9 Å². The summed E-state index contributed by atoms with van der Waals surface area (Å²) in [6.45, 7) is 3.99. The molecule has 1 atom stereocenters. The SMILES string of the molecule is CC(C)Nc1cc(Nc2ccc3ncsc3c2)ncc1-c1cnc(C(N)CO)[nH]1. The number of fused-ring (bicyclic) bond motifs is 1. The summed E-state index contributed by atoms with van der Waals surface area (Å²) >= 11 is 1.61. The summed E-state index contributed by atoms with van der Waals surface area (Å²) in [7, 11) is 0. The van der Waals surface area contributed by atoms with Gasteiger partial charge in [-0.2, -0.15) is 0 Å². The number of thiazole rings is 1. The van der Waals surface area contributed by atoms with Crippen LogP contribution in [0.5, 0.6) is 0 Å². The predicted octanol–water partition coefficient (Wildman–Crippen LogP) is 3.64. The van der Waals surface area contributed by atoms with E-state index in [0.717, 1.165) is 38.7 Å². The summed E-state index contributed by atoms with van der Waals surface area (Å²) in [5.41, 5.74) is 12.2. The van der Waals surface area contributed by atoms with Gasteiger partial charge in [-0.3, -0.25) is 0 Å². The highest BCUT2D eigenvalue weighted by Gasteiger charge is 2.14. The monoisotopic (exact) mass is 409 g/mol. The Bertz CT molecular complexity index is 1120. The van der Waals surface area contributed by atoms with E-state index in [-0.39, 0.29) is 12.6 Å². The number of aliphatic hydroxyl groups is 1. The van der Waals surface area contributed by atoms with Crippen LogP contribution < -0.4 is 16.4 Å². The van der Waals surface area contributed by atoms with Crippen LogP contribution in [0, 0.1) is 0 Å². The summed E-state index contributed by atoms with van der Waals surface area (Å²) in [5, 5.41) is 16.1. The Morgan fingerprint density at radius 3 is 2.83 bits per heavy atom. The number of pyridine rings is 1. The van der Waals surface area contributed by atoms with Crippen molar-refractivity contribution >= 4 is 38.7 Å². The molecule has 0 fully saturated rings. The maximum atomic E-state index is 9.25. The van der Waals surface area contributed by atoms with Crippen LogP contribution in [0.1, 0.15) is 25.7 Å². The molecule has 6 N–H and O–H groups in total. The summed E-state index contributed by atoms with van der Waals surface area (Å²) in [6.07, 6.45) is 3.50. The Hall–Kier alpha value is -3.01. The zero-order valence-electron chi connectivity index (χ0n) is 16.2. The van der Waals surface area contributed by atoms with Crippen LogP contribution in [0.25, 0.3) is 21.5 Å². The number of benzene rings is 1. The average Bonchev–Trinajstić information content (AvgIpc) is 3.36. The highest BCUT2D eigenvalue weighted by atomic mass is 32.1. The minimum atomic E-state index is -0.541. The number of nitrogens with zero attached hydrogens (tertiary/aromatic N) is 3. The number of hydrogen-bond donors (Lipinski definition) is 5. The number of nitrogens with two attached hydrogens (primary N) is 1. The molecule has 0 amide bonds. The summed E-state index contributed by atoms with van der Waals surface area (Å²) in [6, 6.07) is 7.71. The van der Waals surface area contributed by atoms with Gasteiger partial charge in [0, 0.05) is 35.2 Å². The van der Waals surface area contributed by atoms with Crippen LogP contribution >= 0.6 is 11.3 Å². The van der Waals surface area contributed by atoms with E-state index in [4.69, 9.17) is 5.73 Å². The molecule has 4 rings (SSSR count). The number of hydrogen-bond acceptors (Lipinski definition) is 8. The van der Waals surface area contributed by atoms with E-state index in [0.29, 0.717) is 5.82 Å². The molecule has 0 aliphatic rings. The van der Waals surface area contributed by atoms with Crippen molar-refractivity contribution < 1.29 is 5.11 Å². The van der Waals surface area contributed by atoms with E-state index in [1.54, 1.807) is 23.7 Å². The van der Waals surface area contributed by atoms with Gasteiger partial charge in [-0.15, -0.1) is 11.3 Å². The molecule has 0 aliphatic carbocycles. The summed E-state index contributed by atoms with van der Waals surface area (Å²) in [5.74, 6) is 1.27. The number of anilines is 3. The zero-order valence-corrected chi connectivity index (χ0v) is 17.0. The van der Waals surface area contributed by atoms with Crippen LogP contribution in [0.3, 0.4) is 0 Å². The molecule has 0 spiro atoms. The number of imidazole rings is 1. The van der Waals surface area contributed by atoms with Gasteiger partial charge >= 0.3 is 0 Å². The van der Waals surface area contributed by atoms with Crippen LogP contribution in [0.2, 0.25) is 0 Å².